The Bertz CT molecular complexity index is 977. The zero-order chi connectivity index (χ0) is 19.8. The van der Waals surface area contributed by atoms with E-state index in [1.54, 1.807) is 37.4 Å². The summed E-state index contributed by atoms with van der Waals surface area (Å²) in [5, 5.41) is 11.6. The lowest BCUT2D eigenvalue weighted by Gasteiger charge is -2.12. The first-order valence-electron chi connectivity index (χ1n) is 8.81. The fourth-order valence-corrected chi connectivity index (χ4v) is 2.66. The molecule has 1 amide bonds. The first-order chi connectivity index (χ1) is 13.7. The summed E-state index contributed by atoms with van der Waals surface area (Å²) < 4.78 is 11.2. The van der Waals surface area contributed by atoms with Gasteiger partial charge < -0.3 is 14.8 Å². The summed E-state index contributed by atoms with van der Waals surface area (Å²) in [6.07, 6.45) is 0.343. The molecule has 5 heteroatoms. The zero-order valence-corrected chi connectivity index (χ0v) is 15.5. The third kappa shape index (κ3) is 4.89. The Morgan fingerprint density at radius 1 is 0.964 bits per heavy atom. The molecule has 3 rings (SSSR count). The summed E-state index contributed by atoms with van der Waals surface area (Å²) in [5.74, 6) is 0.817. The molecule has 0 heterocycles. The minimum atomic E-state index is -0.249. The summed E-state index contributed by atoms with van der Waals surface area (Å²) in [6.45, 7) is 0.414. The SMILES string of the molecule is COc1cc(C(=O)Nc2ccc(CC#N)cc2)ccc1OCc1ccccc1. The summed E-state index contributed by atoms with van der Waals surface area (Å²) in [7, 11) is 1.54. The van der Waals surface area contributed by atoms with Crippen molar-refractivity contribution >= 4 is 11.6 Å². The quantitative estimate of drug-likeness (QED) is 0.658. The molecule has 0 aliphatic rings. The molecule has 0 atom stereocenters. The third-order valence-electron chi connectivity index (χ3n) is 4.16. The minimum absolute atomic E-state index is 0.249. The van der Waals surface area contributed by atoms with E-state index in [0.29, 0.717) is 35.8 Å². The van der Waals surface area contributed by atoms with Gasteiger partial charge in [0.15, 0.2) is 11.5 Å². The minimum Gasteiger partial charge on any atom is -0.493 e. The van der Waals surface area contributed by atoms with E-state index in [1.807, 2.05) is 42.5 Å². The third-order valence-corrected chi connectivity index (χ3v) is 4.16. The van der Waals surface area contributed by atoms with Crippen LogP contribution in [0.15, 0.2) is 72.8 Å². The predicted octanol–water partition coefficient (Wildman–Crippen LogP) is 4.59. The topological polar surface area (TPSA) is 71.3 Å². The second-order valence-electron chi connectivity index (χ2n) is 6.13. The molecule has 0 spiro atoms. The van der Waals surface area contributed by atoms with Gasteiger partial charge in [0.25, 0.3) is 5.91 Å². The Labute approximate surface area is 164 Å². The van der Waals surface area contributed by atoms with Crippen LogP contribution in [0.3, 0.4) is 0 Å². The van der Waals surface area contributed by atoms with Crippen molar-refractivity contribution in [2.24, 2.45) is 0 Å². The van der Waals surface area contributed by atoms with E-state index in [-0.39, 0.29) is 5.91 Å². The highest BCUT2D eigenvalue weighted by Crippen LogP contribution is 2.29. The van der Waals surface area contributed by atoms with E-state index >= 15 is 0 Å². The first-order valence-corrected chi connectivity index (χ1v) is 8.81. The van der Waals surface area contributed by atoms with Crippen LogP contribution in [0.2, 0.25) is 0 Å². The lowest BCUT2D eigenvalue weighted by molar-refractivity contribution is 0.102. The molecule has 0 aromatic heterocycles. The fourth-order valence-electron chi connectivity index (χ4n) is 2.66. The van der Waals surface area contributed by atoms with Crippen molar-refractivity contribution in [2.45, 2.75) is 13.0 Å². The molecule has 0 saturated carbocycles. The van der Waals surface area contributed by atoms with Gasteiger partial charge in [-0.2, -0.15) is 5.26 Å². The summed E-state index contributed by atoms with van der Waals surface area (Å²) in [5.41, 5.74) is 3.08. The Hall–Kier alpha value is -3.78. The highest BCUT2D eigenvalue weighted by molar-refractivity contribution is 6.04. The average molecular weight is 372 g/mol. The summed E-state index contributed by atoms with van der Waals surface area (Å²) in [6, 6.07) is 24.2. The molecular weight excluding hydrogens is 352 g/mol. The number of methoxy groups -OCH3 is 1. The number of benzene rings is 3. The van der Waals surface area contributed by atoms with E-state index in [1.165, 1.54) is 0 Å². The highest BCUT2D eigenvalue weighted by Gasteiger charge is 2.12. The van der Waals surface area contributed by atoms with E-state index < -0.39 is 0 Å². The molecule has 0 radical (unpaired) electrons. The summed E-state index contributed by atoms with van der Waals surface area (Å²) in [4.78, 5) is 12.5. The fraction of sp³-hybridized carbons (Fsp3) is 0.130. The largest absolute Gasteiger partial charge is 0.493 e. The molecule has 0 fully saturated rings. The average Bonchev–Trinajstić information content (AvgIpc) is 2.74. The Morgan fingerprint density at radius 3 is 2.39 bits per heavy atom. The normalized spacial score (nSPS) is 10.0. The molecule has 0 saturated heterocycles. The van der Waals surface area contributed by atoms with Crippen molar-refractivity contribution in [3.05, 3.63) is 89.5 Å². The number of nitrogens with one attached hydrogen (secondary N) is 1. The van der Waals surface area contributed by atoms with E-state index in [2.05, 4.69) is 11.4 Å². The highest BCUT2D eigenvalue weighted by atomic mass is 16.5. The molecule has 0 unspecified atom stereocenters. The van der Waals surface area contributed by atoms with Crippen molar-refractivity contribution < 1.29 is 14.3 Å². The lowest BCUT2D eigenvalue weighted by atomic mass is 10.1. The molecule has 1 N–H and O–H groups in total. The van der Waals surface area contributed by atoms with Crippen molar-refractivity contribution in [1.29, 1.82) is 5.26 Å². The number of carbonyl (C=O) groups is 1. The zero-order valence-electron chi connectivity index (χ0n) is 15.5. The summed E-state index contributed by atoms with van der Waals surface area (Å²) >= 11 is 0. The van der Waals surface area contributed by atoms with Gasteiger partial charge in [0.05, 0.1) is 19.6 Å². The predicted molar refractivity (Wildman–Crippen MR) is 107 cm³/mol. The Morgan fingerprint density at radius 2 is 1.71 bits per heavy atom. The van der Waals surface area contributed by atoms with Gasteiger partial charge in [-0.3, -0.25) is 4.79 Å². The number of hydrogen-bond acceptors (Lipinski definition) is 4. The van der Waals surface area contributed by atoms with Gasteiger partial charge in [0, 0.05) is 11.3 Å². The van der Waals surface area contributed by atoms with Gasteiger partial charge in [-0.1, -0.05) is 42.5 Å². The maximum atomic E-state index is 12.5. The van der Waals surface area contributed by atoms with Crippen LogP contribution in [-0.2, 0) is 13.0 Å². The Kier molecular flexibility index (Phi) is 6.27. The van der Waals surface area contributed by atoms with Crippen LogP contribution in [0.5, 0.6) is 11.5 Å². The maximum Gasteiger partial charge on any atom is 0.255 e. The number of amides is 1. The van der Waals surface area contributed by atoms with Crippen LogP contribution in [0, 0.1) is 11.3 Å². The monoisotopic (exact) mass is 372 g/mol. The van der Waals surface area contributed by atoms with Gasteiger partial charge in [0.1, 0.15) is 6.61 Å². The second kappa shape index (κ2) is 9.24. The molecule has 28 heavy (non-hydrogen) atoms. The standard InChI is InChI=1S/C23H20N2O3/c1-27-22-15-19(9-12-21(22)28-16-18-5-3-2-4-6-18)23(26)25-20-10-7-17(8-11-20)13-14-24/h2-12,15H,13,16H2,1H3,(H,25,26). The number of nitriles is 1. The Balaban J connectivity index is 1.68. The van der Waals surface area contributed by atoms with E-state index in [4.69, 9.17) is 14.7 Å². The molecule has 0 aliphatic carbocycles. The molecule has 0 bridgehead atoms. The van der Waals surface area contributed by atoms with Crippen molar-refractivity contribution in [1.82, 2.24) is 0 Å². The van der Waals surface area contributed by atoms with Crippen LogP contribution >= 0.6 is 0 Å². The second-order valence-corrected chi connectivity index (χ2v) is 6.13. The van der Waals surface area contributed by atoms with E-state index in [0.717, 1.165) is 11.1 Å². The van der Waals surface area contributed by atoms with Crippen LogP contribution in [-0.4, -0.2) is 13.0 Å². The van der Waals surface area contributed by atoms with Crippen LogP contribution in [0.1, 0.15) is 21.5 Å². The molecule has 5 nitrogen and oxygen atoms in total. The smallest absolute Gasteiger partial charge is 0.255 e. The number of anilines is 1. The molecular formula is C23H20N2O3. The number of ether oxygens (including phenoxy) is 2. The van der Waals surface area contributed by atoms with Crippen LogP contribution in [0.25, 0.3) is 0 Å². The lowest BCUT2D eigenvalue weighted by Crippen LogP contribution is -2.12. The van der Waals surface area contributed by atoms with Crippen molar-refractivity contribution in [3.63, 3.8) is 0 Å². The van der Waals surface area contributed by atoms with Gasteiger partial charge in [-0.05, 0) is 41.5 Å². The number of carbonyl (C=O) groups excluding carboxylic acids is 1. The molecule has 3 aromatic rings. The number of nitrogens with zero attached hydrogens (tertiary/aromatic N) is 1. The van der Waals surface area contributed by atoms with Crippen molar-refractivity contribution in [2.75, 3.05) is 12.4 Å². The van der Waals surface area contributed by atoms with Crippen molar-refractivity contribution in [3.8, 4) is 17.6 Å². The number of rotatable bonds is 7. The first kappa shape index (κ1) is 19.0. The maximum absolute atomic E-state index is 12.5. The molecule has 3 aromatic carbocycles. The molecule has 140 valence electrons. The van der Waals surface area contributed by atoms with Gasteiger partial charge in [0.2, 0.25) is 0 Å². The van der Waals surface area contributed by atoms with Crippen LogP contribution < -0.4 is 14.8 Å². The van der Waals surface area contributed by atoms with E-state index in [9.17, 15) is 4.79 Å². The van der Waals surface area contributed by atoms with Gasteiger partial charge in [-0.25, -0.2) is 0 Å². The van der Waals surface area contributed by atoms with Gasteiger partial charge >= 0.3 is 0 Å². The number of hydrogen-bond donors (Lipinski definition) is 1. The van der Waals surface area contributed by atoms with Gasteiger partial charge in [-0.15, -0.1) is 0 Å². The van der Waals surface area contributed by atoms with Crippen LogP contribution in [0.4, 0.5) is 5.69 Å². The molecule has 0 aliphatic heterocycles.